The zero-order chi connectivity index (χ0) is 22.6. The van der Waals surface area contributed by atoms with E-state index in [-0.39, 0.29) is 6.04 Å². The van der Waals surface area contributed by atoms with Crippen LogP contribution in [0.15, 0.2) is 72.8 Å². The summed E-state index contributed by atoms with van der Waals surface area (Å²) in [6.45, 7) is 10.7. The first-order valence-corrected chi connectivity index (χ1v) is 10.5. The highest BCUT2D eigenvalue weighted by atomic mass is 19.4. The molecule has 0 bridgehead atoms. The Balaban J connectivity index is 0.00000106. The van der Waals surface area contributed by atoms with Gasteiger partial charge < -0.3 is 5.32 Å². The molecule has 162 valence electrons. The molecule has 3 aromatic rings. The van der Waals surface area contributed by atoms with E-state index in [9.17, 15) is 13.2 Å². The molecule has 1 nitrogen and oxygen atoms in total. The van der Waals surface area contributed by atoms with Crippen LogP contribution in [0.3, 0.4) is 0 Å². The van der Waals surface area contributed by atoms with E-state index in [1.54, 1.807) is 12.1 Å². The molecule has 0 saturated carbocycles. The summed E-state index contributed by atoms with van der Waals surface area (Å²) in [6, 6.07) is 19.9. The van der Waals surface area contributed by atoms with Crippen molar-refractivity contribution in [1.29, 1.82) is 0 Å². The minimum atomic E-state index is -4.31. The second-order valence-electron chi connectivity index (χ2n) is 6.22. The highest BCUT2D eigenvalue weighted by molar-refractivity contribution is 5.86. The number of rotatable bonds is 5. The Morgan fingerprint density at radius 2 is 1.50 bits per heavy atom. The van der Waals surface area contributed by atoms with Gasteiger partial charge in [-0.05, 0) is 41.0 Å². The van der Waals surface area contributed by atoms with Crippen LogP contribution in [0.5, 0.6) is 0 Å². The maximum Gasteiger partial charge on any atom is 0.416 e. The zero-order valence-electron chi connectivity index (χ0n) is 18.4. The van der Waals surface area contributed by atoms with Crippen molar-refractivity contribution in [3.63, 3.8) is 0 Å². The minimum absolute atomic E-state index is 0.132. The van der Waals surface area contributed by atoms with Crippen LogP contribution in [0.2, 0.25) is 0 Å². The third kappa shape index (κ3) is 7.34. The van der Waals surface area contributed by atoms with Gasteiger partial charge in [0.05, 0.1) is 5.56 Å². The molecule has 3 aromatic carbocycles. The fourth-order valence-electron chi connectivity index (χ4n) is 3.00. The second kappa shape index (κ2) is 12.9. The number of fused-ring (bicyclic) bond motifs is 1. The lowest BCUT2D eigenvalue weighted by Gasteiger charge is -2.15. The molecule has 0 amide bonds. The van der Waals surface area contributed by atoms with Crippen LogP contribution in [0.25, 0.3) is 16.8 Å². The molecule has 1 unspecified atom stereocenters. The van der Waals surface area contributed by atoms with E-state index in [0.29, 0.717) is 12.1 Å². The Kier molecular flexibility index (Phi) is 10.9. The zero-order valence-corrected chi connectivity index (χ0v) is 18.4. The summed E-state index contributed by atoms with van der Waals surface area (Å²) in [6.07, 6.45) is -0.764. The molecule has 0 heterocycles. The molecule has 3 rings (SSSR count). The lowest BCUT2D eigenvalue weighted by atomic mass is 10.00. The molecule has 0 aliphatic rings. The maximum atomic E-state index is 12.7. The Morgan fingerprint density at radius 3 is 2.20 bits per heavy atom. The van der Waals surface area contributed by atoms with E-state index in [4.69, 9.17) is 0 Å². The first kappa shape index (κ1) is 25.4. The van der Waals surface area contributed by atoms with Gasteiger partial charge in [0, 0.05) is 12.6 Å². The predicted octanol–water partition coefficient (Wildman–Crippen LogP) is 8.28. The number of hydrogen-bond donors (Lipinski definition) is 1. The Hall–Kier alpha value is -2.59. The minimum Gasteiger partial charge on any atom is -0.307 e. The SMILES string of the molecule is CC.CC.CC(NC/C=C/c1cccc(C(F)(F)F)c1)c1cccc2ccccc12. The molecular weight excluding hydrogens is 383 g/mol. The van der Waals surface area contributed by atoms with Gasteiger partial charge in [0.2, 0.25) is 0 Å². The van der Waals surface area contributed by atoms with Crippen molar-refractivity contribution in [2.75, 3.05) is 6.54 Å². The van der Waals surface area contributed by atoms with Crippen molar-refractivity contribution in [1.82, 2.24) is 5.32 Å². The molecule has 0 aliphatic heterocycles. The number of hydrogen-bond acceptors (Lipinski definition) is 1. The lowest BCUT2D eigenvalue weighted by molar-refractivity contribution is -0.137. The van der Waals surface area contributed by atoms with Gasteiger partial charge in [-0.25, -0.2) is 0 Å². The molecule has 30 heavy (non-hydrogen) atoms. The predicted molar refractivity (Wildman–Crippen MR) is 124 cm³/mol. The molecule has 0 aromatic heterocycles. The molecular formula is C26H32F3N. The summed E-state index contributed by atoms with van der Waals surface area (Å²) in [5.41, 5.74) is 1.12. The normalized spacial score (nSPS) is 12.0. The standard InChI is InChI=1S/C22H20F3N.2C2H6/c1-16(20-13-5-10-18-9-2-3-12-21(18)20)26-14-6-8-17-7-4-11-19(15-17)22(23,24)25;2*1-2/h2-13,15-16,26H,14H2,1H3;2*1-2H3/b8-6+;;. The van der Waals surface area contributed by atoms with Gasteiger partial charge in [-0.1, -0.05) is 94.4 Å². The van der Waals surface area contributed by atoms with Gasteiger partial charge in [-0.2, -0.15) is 13.2 Å². The number of nitrogens with one attached hydrogen (secondary N) is 1. The van der Waals surface area contributed by atoms with E-state index < -0.39 is 11.7 Å². The average Bonchev–Trinajstić information content (AvgIpc) is 2.78. The smallest absolute Gasteiger partial charge is 0.307 e. The summed E-state index contributed by atoms with van der Waals surface area (Å²) < 4.78 is 38.2. The van der Waals surface area contributed by atoms with Gasteiger partial charge in [0.15, 0.2) is 0 Å². The van der Waals surface area contributed by atoms with Crippen molar-refractivity contribution in [3.8, 4) is 0 Å². The fraction of sp³-hybridized carbons (Fsp3) is 0.308. The van der Waals surface area contributed by atoms with Gasteiger partial charge in [0.25, 0.3) is 0 Å². The molecule has 0 fully saturated rings. The van der Waals surface area contributed by atoms with Gasteiger partial charge in [-0.3, -0.25) is 0 Å². The third-order valence-corrected chi connectivity index (χ3v) is 4.36. The summed E-state index contributed by atoms with van der Waals surface area (Å²) in [5, 5.41) is 5.80. The van der Waals surface area contributed by atoms with E-state index in [2.05, 4.69) is 36.5 Å². The number of halogens is 3. The Bertz CT molecular complexity index is 908. The maximum absolute atomic E-state index is 12.7. The first-order chi connectivity index (χ1) is 14.4. The van der Waals surface area contributed by atoms with Gasteiger partial charge in [0.1, 0.15) is 0 Å². The van der Waals surface area contributed by atoms with Gasteiger partial charge >= 0.3 is 6.18 Å². The quantitative estimate of drug-likeness (QED) is 0.442. The van der Waals surface area contributed by atoms with Crippen molar-refractivity contribution in [2.24, 2.45) is 0 Å². The van der Waals surface area contributed by atoms with E-state index in [1.807, 2.05) is 52.0 Å². The largest absolute Gasteiger partial charge is 0.416 e. The molecule has 0 spiro atoms. The summed E-state index contributed by atoms with van der Waals surface area (Å²) in [7, 11) is 0. The van der Waals surface area contributed by atoms with Crippen molar-refractivity contribution >= 4 is 16.8 Å². The molecule has 0 aliphatic carbocycles. The second-order valence-corrected chi connectivity index (χ2v) is 6.22. The molecule has 4 heteroatoms. The van der Waals surface area contributed by atoms with Crippen molar-refractivity contribution in [3.05, 3.63) is 89.5 Å². The van der Waals surface area contributed by atoms with Crippen LogP contribution < -0.4 is 5.32 Å². The van der Waals surface area contributed by atoms with E-state index in [0.717, 1.165) is 12.1 Å². The fourth-order valence-corrected chi connectivity index (χ4v) is 3.00. The van der Waals surface area contributed by atoms with Crippen LogP contribution in [0, 0.1) is 0 Å². The summed E-state index contributed by atoms with van der Waals surface area (Å²) in [4.78, 5) is 0. The lowest BCUT2D eigenvalue weighted by Crippen LogP contribution is -2.18. The molecule has 1 N–H and O–H groups in total. The third-order valence-electron chi connectivity index (χ3n) is 4.36. The van der Waals surface area contributed by atoms with Crippen LogP contribution in [0.4, 0.5) is 13.2 Å². The Morgan fingerprint density at radius 1 is 0.867 bits per heavy atom. The molecule has 0 saturated heterocycles. The van der Waals surface area contributed by atoms with Crippen LogP contribution >= 0.6 is 0 Å². The van der Waals surface area contributed by atoms with Crippen LogP contribution in [-0.2, 0) is 6.18 Å². The summed E-state index contributed by atoms with van der Waals surface area (Å²) >= 11 is 0. The van der Waals surface area contributed by atoms with Crippen LogP contribution in [0.1, 0.15) is 57.4 Å². The molecule has 0 radical (unpaired) electrons. The number of benzene rings is 3. The molecule has 1 atom stereocenters. The first-order valence-electron chi connectivity index (χ1n) is 10.5. The van der Waals surface area contributed by atoms with E-state index in [1.165, 1.54) is 22.4 Å². The monoisotopic (exact) mass is 415 g/mol. The van der Waals surface area contributed by atoms with Crippen molar-refractivity contribution in [2.45, 2.75) is 46.8 Å². The van der Waals surface area contributed by atoms with Gasteiger partial charge in [-0.15, -0.1) is 0 Å². The van der Waals surface area contributed by atoms with E-state index >= 15 is 0 Å². The number of alkyl halides is 3. The van der Waals surface area contributed by atoms with Crippen LogP contribution in [-0.4, -0.2) is 6.54 Å². The average molecular weight is 416 g/mol. The topological polar surface area (TPSA) is 12.0 Å². The Labute approximate surface area is 178 Å². The summed E-state index contributed by atoms with van der Waals surface area (Å²) in [5.74, 6) is 0. The highest BCUT2D eigenvalue weighted by Crippen LogP contribution is 2.29. The highest BCUT2D eigenvalue weighted by Gasteiger charge is 2.30. The van der Waals surface area contributed by atoms with Crippen molar-refractivity contribution < 1.29 is 13.2 Å².